The Hall–Kier alpha value is -2.61. The molecule has 1 aliphatic heterocycles. The number of carbonyl (C=O) groups is 1. The summed E-state index contributed by atoms with van der Waals surface area (Å²) >= 11 is 0. The maximum atomic E-state index is 13.9. The van der Waals surface area contributed by atoms with E-state index in [1.807, 2.05) is 6.92 Å². The molecular formula is C21H25FN4O3. The van der Waals surface area contributed by atoms with E-state index in [4.69, 9.17) is 11.5 Å². The minimum atomic E-state index is -1.33. The number of nitrogen functional groups attached to an aromatic ring is 1. The second-order valence-electron chi connectivity index (χ2n) is 8.90. The van der Waals surface area contributed by atoms with Gasteiger partial charge in [0.1, 0.15) is 11.7 Å². The number of halogens is 1. The van der Waals surface area contributed by atoms with Gasteiger partial charge in [0.15, 0.2) is 0 Å². The van der Waals surface area contributed by atoms with E-state index in [-0.39, 0.29) is 22.2 Å². The summed E-state index contributed by atoms with van der Waals surface area (Å²) in [6.07, 6.45) is 3.66. The van der Waals surface area contributed by atoms with Gasteiger partial charge in [-0.1, -0.05) is 0 Å². The lowest BCUT2D eigenvalue weighted by molar-refractivity contribution is 0.0694. The number of benzene rings is 1. The zero-order valence-electron chi connectivity index (χ0n) is 16.3. The first kappa shape index (κ1) is 18.4. The van der Waals surface area contributed by atoms with Crippen LogP contribution in [0, 0.1) is 12.8 Å². The molecule has 0 spiro atoms. The molecule has 3 unspecified atom stereocenters. The van der Waals surface area contributed by atoms with Crippen LogP contribution in [-0.4, -0.2) is 40.4 Å². The van der Waals surface area contributed by atoms with Crippen LogP contribution < -0.4 is 21.8 Å². The van der Waals surface area contributed by atoms with Gasteiger partial charge in [-0.2, -0.15) is 0 Å². The lowest BCUT2D eigenvalue weighted by Crippen LogP contribution is -2.34. The lowest BCUT2D eigenvalue weighted by atomic mass is 9.97. The summed E-state index contributed by atoms with van der Waals surface area (Å²) < 4.78 is 15.6. The van der Waals surface area contributed by atoms with Gasteiger partial charge in [-0.05, 0) is 43.7 Å². The Labute approximate surface area is 167 Å². The summed E-state index contributed by atoms with van der Waals surface area (Å²) in [7, 11) is 0. The molecule has 154 valence electrons. The van der Waals surface area contributed by atoms with Crippen molar-refractivity contribution in [3.8, 4) is 0 Å². The van der Waals surface area contributed by atoms with Crippen molar-refractivity contribution in [2.24, 2.45) is 11.7 Å². The number of pyridine rings is 1. The molecule has 1 aromatic carbocycles. The van der Waals surface area contributed by atoms with Gasteiger partial charge in [-0.3, -0.25) is 4.79 Å². The van der Waals surface area contributed by atoms with Gasteiger partial charge in [0, 0.05) is 42.6 Å². The number of nitrogens with zero attached hydrogens (tertiary/aromatic N) is 2. The van der Waals surface area contributed by atoms with E-state index in [9.17, 15) is 19.1 Å². The summed E-state index contributed by atoms with van der Waals surface area (Å²) in [5, 5.41) is 9.61. The van der Waals surface area contributed by atoms with Crippen LogP contribution in [0.1, 0.15) is 47.6 Å². The molecule has 2 heterocycles. The van der Waals surface area contributed by atoms with Crippen LogP contribution >= 0.6 is 0 Å². The van der Waals surface area contributed by atoms with E-state index >= 15 is 0 Å². The van der Waals surface area contributed by atoms with Crippen LogP contribution in [0.25, 0.3) is 10.9 Å². The van der Waals surface area contributed by atoms with Crippen LogP contribution in [0.3, 0.4) is 0 Å². The largest absolute Gasteiger partial charge is 0.477 e. The third-order valence-electron chi connectivity index (χ3n) is 6.99. The number of aryl methyl sites for hydroxylation is 1. The summed E-state index contributed by atoms with van der Waals surface area (Å²) in [6.45, 7) is 3.57. The van der Waals surface area contributed by atoms with Gasteiger partial charge < -0.3 is 26.0 Å². The van der Waals surface area contributed by atoms with Crippen molar-refractivity contribution in [1.29, 1.82) is 0 Å². The Morgan fingerprint density at radius 1 is 1.38 bits per heavy atom. The number of aromatic nitrogens is 1. The number of hydrogen-bond acceptors (Lipinski definition) is 5. The monoisotopic (exact) mass is 400 g/mol. The number of hydrogen-bond donors (Lipinski definition) is 3. The maximum absolute atomic E-state index is 13.9. The summed E-state index contributed by atoms with van der Waals surface area (Å²) in [6, 6.07) is 1.29. The smallest absolute Gasteiger partial charge is 0.341 e. The molecule has 29 heavy (non-hydrogen) atoms. The quantitative estimate of drug-likeness (QED) is 0.678. The Kier molecular flexibility index (Phi) is 3.78. The molecule has 2 aromatic rings. The standard InChI is InChI=1S/C21H25FN4O3/c1-10-15(25-5-2-11(8-25)21(24)3-4-21)7-14(23)17-18(10)26(16-6-13(16)22)9-12(19(17)27)20(28)29/h7,9,11,13,16H,2-6,8,23-24H2,1H3,(H,28,29). The zero-order chi connectivity index (χ0) is 20.7. The number of carboxylic acids is 1. The molecule has 2 saturated carbocycles. The van der Waals surface area contributed by atoms with Gasteiger partial charge >= 0.3 is 5.97 Å². The summed E-state index contributed by atoms with van der Waals surface area (Å²) in [5.41, 5.74) is 14.1. The minimum Gasteiger partial charge on any atom is -0.477 e. The second-order valence-corrected chi connectivity index (χ2v) is 8.90. The molecule has 1 saturated heterocycles. The number of fused-ring (bicyclic) bond motifs is 1. The molecule has 5 N–H and O–H groups in total. The van der Waals surface area contributed by atoms with Crippen LogP contribution in [0.15, 0.2) is 17.1 Å². The Bertz CT molecular complexity index is 1110. The number of rotatable bonds is 4. The molecule has 3 atom stereocenters. The normalized spacial score (nSPS) is 27.4. The fourth-order valence-electron chi connectivity index (χ4n) is 4.91. The SMILES string of the molecule is Cc1c(N2CCC(C3(N)CC3)C2)cc(N)c2c(=O)c(C(=O)O)cn(C3CC3F)c12. The fourth-order valence-corrected chi connectivity index (χ4v) is 4.91. The van der Waals surface area contributed by atoms with E-state index in [0.29, 0.717) is 17.9 Å². The van der Waals surface area contributed by atoms with Crippen LogP contribution in [0.5, 0.6) is 0 Å². The average Bonchev–Trinajstić information content (AvgIpc) is 3.53. The van der Waals surface area contributed by atoms with Crippen LogP contribution in [0.4, 0.5) is 15.8 Å². The fraction of sp³-hybridized carbons (Fsp3) is 0.524. The van der Waals surface area contributed by atoms with Crippen molar-refractivity contribution in [3.05, 3.63) is 33.6 Å². The molecule has 0 radical (unpaired) electrons. The number of nitrogens with two attached hydrogens (primary N) is 2. The highest BCUT2D eigenvalue weighted by Gasteiger charge is 2.48. The molecule has 3 fully saturated rings. The van der Waals surface area contributed by atoms with E-state index in [0.717, 1.165) is 43.6 Å². The first-order valence-corrected chi connectivity index (χ1v) is 10.1. The second kappa shape index (κ2) is 5.95. The third-order valence-corrected chi connectivity index (χ3v) is 6.99. The van der Waals surface area contributed by atoms with E-state index in [1.54, 1.807) is 10.6 Å². The van der Waals surface area contributed by atoms with Gasteiger partial charge in [0.25, 0.3) is 0 Å². The van der Waals surface area contributed by atoms with Gasteiger partial charge in [0.2, 0.25) is 5.43 Å². The number of alkyl halides is 1. The Morgan fingerprint density at radius 2 is 2.07 bits per heavy atom. The molecule has 7 nitrogen and oxygen atoms in total. The predicted octanol–water partition coefficient (Wildman–Crippen LogP) is 2.19. The summed E-state index contributed by atoms with van der Waals surface area (Å²) in [5.74, 6) is -0.906. The molecule has 8 heteroatoms. The summed E-state index contributed by atoms with van der Waals surface area (Å²) in [4.78, 5) is 26.7. The highest BCUT2D eigenvalue weighted by Crippen LogP contribution is 2.46. The van der Waals surface area contributed by atoms with Crippen molar-refractivity contribution in [1.82, 2.24) is 4.57 Å². The van der Waals surface area contributed by atoms with Crippen LogP contribution in [-0.2, 0) is 0 Å². The van der Waals surface area contributed by atoms with Crippen molar-refractivity contribution < 1.29 is 14.3 Å². The Balaban J connectivity index is 1.68. The van der Waals surface area contributed by atoms with E-state index in [2.05, 4.69) is 4.90 Å². The van der Waals surface area contributed by atoms with Gasteiger partial charge in [0.05, 0.1) is 16.9 Å². The zero-order valence-corrected chi connectivity index (χ0v) is 16.3. The molecule has 1 aromatic heterocycles. The van der Waals surface area contributed by atoms with Crippen molar-refractivity contribution >= 4 is 28.2 Å². The molecule has 2 aliphatic carbocycles. The van der Waals surface area contributed by atoms with E-state index < -0.39 is 23.6 Å². The van der Waals surface area contributed by atoms with Crippen molar-refractivity contribution in [2.75, 3.05) is 23.7 Å². The molecule has 0 bridgehead atoms. The Morgan fingerprint density at radius 3 is 2.66 bits per heavy atom. The molecule has 5 rings (SSSR count). The average molecular weight is 400 g/mol. The third kappa shape index (κ3) is 2.73. The highest BCUT2D eigenvalue weighted by atomic mass is 19.1. The van der Waals surface area contributed by atoms with Crippen molar-refractivity contribution in [2.45, 2.75) is 50.4 Å². The number of aromatic carboxylic acids is 1. The number of carboxylic acid groups (broad SMARTS) is 1. The topological polar surface area (TPSA) is 115 Å². The van der Waals surface area contributed by atoms with E-state index in [1.165, 1.54) is 6.20 Å². The van der Waals surface area contributed by atoms with Gasteiger partial charge in [-0.15, -0.1) is 0 Å². The van der Waals surface area contributed by atoms with Gasteiger partial charge in [-0.25, -0.2) is 9.18 Å². The first-order chi connectivity index (χ1) is 13.7. The first-order valence-electron chi connectivity index (χ1n) is 10.1. The predicted molar refractivity (Wildman–Crippen MR) is 109 cm³/mol. The molecular weight excluding hydrogens is 375 g/mol. The minimum absolute atomic E-state index is 0.0566. The number of anilines is 2. The van der Waals surface area contributed by atoms with Crippen molar-refractivity contribution in [3.63, 3.8) is 0 Å². The molecule has 3 aliphatic rings. The molecule has 0 amide bonds. The maximum Gasteiger partial charge on any atom is 0.341 e. The lowest BCUT2D eigenvalue weighted by Gasteiger charge is -2.25. The highest BCUT2D eigenvalue weighted by molar-refractivity contribution is 6.01. The van der Waals surface area contributed by atoms with Crippen LogP contribution in [0.2, 0.25) is 0 Å².